The number of fused-ring (bicyclic) bond motifs is 3. The molecule has 0 spiro atoms. The topological polar surface area (TPSA) is 107 Å². The number of nitrogens with zero attached hydrogens (tertiary/aromatic N) is 8. The summed E-state index contributed by atoms with van der Waals surface area (Å²) in [6.45, 7) is 8.25. The number of piperidine rings is 1. The molecule has 2 atom stereocenters. The minimum Gasteiger partial charge on any atom is -0.491 e. The molecule has 2 unspecified atom stereocenters. The molecule has 4 aromatic rings. The second-order valence-corrected chi connectivity index (χ2v) is 11.3. The summed E-state index contributed by atoms with van der Waals surface area (Å²) in [5.41, 5.74) is 4.30. The Kier molecular flexibility index (Phi) is 7.34. The van der Waals surface area contributed by atoms with Crippen LogP contribution in [-0.2, 0) is 6.54 Å². The first-order valence-electron chi connectivity index (χ1n) is 14.6. The summed E-state index contributed by atoms with van der Waals surface area (Å²) in [5, 5.41) is 17.8. The zero-order valence-electron chi connectivity index (χ0n) is 23.8. The fraction of sp³-hybridized carbons (Fsp3) is 0.419. The van der Waals surface area contributed by atoms with Crippen molar-refractivity contribution in [2.24, 2.45) is 0 Å². The van der Waals surface area contributed by atoms with E-state index in [0.29, 0.717) is 30.1 Å². The third-order valence-electron chi connectivity index (χ3n) is 8.55. The van der Waals surface area contributed by atoms with E-state index in [1.54, 1.807) is 17.8 Å². The summed E-state index contributed by atoms with van der Waals surface area (Å²) in [4.78, 5) is 16.4. The highest BCUT2D eigenvalue weighted by Crippen LogP contribution is 2.31. The van der Waals surface area contributed by atoms with Crippen molar-refractivity contribution in [2.45, 2.75) is 25.0 Å². The van der Waals surface area contributed by atoms with E-state index in [0.717, 1.165) is 80.6 Å². The fourth-order valence-electron chi connectivity index (χ4n) is 6.31. The minimum atomic E-state index is 0.531. The molecule has 4 fully saturated rings. The van der Waals surface area contributed by atoms with Gasteiger partial charge < -0.3 is 19.7 Å². The number of anilines is 1. The molecule has 0 saturated carbocycles. The number of hydrogen-bond donors (Lipinski definition) is 1. The van der Waals surface area contributed by atoms with Crippen LogP contribution in [0.5, 0.6) is 11.6 Å². The molecule has 0 aromatic carbocycles. The molecule has 8 rings (SSSR count). The van der Waals surface area contributed by atoms with Gasteiger partial charge in [-0.25, -0.2) is 14.5 Å². The molecule has 2 bridgehead atoms. The first-order valence-corrected chi connectivity index (χ1v) is 14.6. The Hall–Kier alpha value is -4.24. The lowest BCUT2D eigenvalue weighted by molar-refractivity contribution is 0.0673. The second-order valence-electron chi connectivity index (χ2n) is 11.3. The molecule has 0 aliphatic carbocycles. The van der Waals surface area contributed by atoms with Crippen LogP contribution >= 0.6 is 0 Å². The standard InChI is InChI=1S/C31H35N9O2/c1-41-30-5-2-22(15-34-30)18-37-6-8-39(9-7-37)29-4-3-23(16-33-29)28-13-27(21-40-31(28)24(14-32)17-35-40)42-11-10-38-19-25-12-26(20-38)36-25/h2-5,13,15-17,21,25-26,36H,6-12,18-20H2,1H3. The maximum atomic E-state index is 9.75. The van der Waals surface area contributed by atoms with Gasteiger partial charge in [-0.2, -0.15) is 10.4 Å². The van der Waals surface area contributed by atoms with Gasteiger partial charge >= 0.3 is 0 Å². The minimum absolute atomic E-state index is 0.531. The molecule has 42 heavy (non-hydrogen) atoms. The number of methoxy groups -OCH3 is 1. The lowest BCUT2D eigenvalue weighted by Gasteiger charge is -2.48. The van der Waals surface area contributed by atoms with Crippen LogP contribution in [0.25, 0.3) is 16.6 Å². The van der Waals surface area contributed by atoms with Crippen LogP contribution in [0.3, 0.4) is 0 Å². The molecule has 4 aliphatic heterocycles. The first-order chi connectivity index (χ1) is 20.6. The summed E-state index contributed by atoms with van der Waals surface area (Å²) in [6.07, 6.45) is 8.54. The Balaban J connectivity index is 1.02. The van der Waals surface area contributed by atoms with Crippen molar-refractivity contribution in [3.05, 3.63) is 66.2 Å². The molecule has 11 nitrogen and oxygen atoms in total. The zero-order chi connectivity index (χ0) is 28.5. The molecule has 216 valence electrons. The van der Waals surface area contributed by atoms with Gasteiger partial charge in [0.15, 0.2) is 0 Å². The first kappa shape index (κ1) is 26.6. The van der Waals surface area contributed by atoms with Gasteiger partial charge in [0.05, 0.1) is 30.6 Å². The van der Waals surface area contributed by atoms with Crippen molar-refractivity contribution in [1.82, 2.24) is 34.7 Å². The van der Waals surface area contributed by atoms with Crippen LogP contribution in [0, 0.1) is 11.3 Å². The third-order valence-corrected chi connectivity index (χ3v) is 8.55. The summed E-state index contributed by atoms with van der Waals surface area (Å²) < 4.78 is 13.1. The monoisotopic (exact) mass is 565 g/mol. The smallest absolute Gasteiger partial charge is 0.212 e. The highest BCUT2D eigenvalue weighted by Gasteiger charge is 2.36. The van der Waals surface area contributed by atoms with Crippen molar-refractivity contribution < 1.29 is 9.47 Å². The molecule has 4 aromatic heterocycles. The van der Waals surface area contributed by atoms with Crippen molar-refractivity contribution in [1.29, 1.82) is 5.26 Å². The molecular weight excluding hydrogens is 530 g/mol. The Morgan fingerprint density at radius 3 is 2.52 bits per heavy atom. The molecule has 4 aliphatic rings. The highest BCUT2D eigenvalue weighted by molar-refractivity contribution is 5.85. The van der Waals surface area contributed by atoms with Gasteiger partial charge in [-0.05, 0) is 30.2 Å². The maximum Gasteiger partial charge on any atom is 0.212 e. The normalized spacial score (nSPS) is 20.7. The summed E-state index contributed by atoms with van der Waals surface area (Å²) >= 11 is 0. The van der Waals surface area contributed by atoms with E-state index < -0.39 is 0 Å². The Morgan fingerprint density at radius 1 is 1.00 bits per heavy atom. The van der Waals surface area contributed by atoms with Crippen LogP contribution < -0.4 is 19.7 Å². The molecule has 1 N–H and O–H groups in total. The van der Waals surface area contributed by atoms with Gasteiger partial charge in [0, 0.05) is 94.0 Å². The summed E-state index contributed by atoms with van der Waals surface area (Å²) in [6, 6.07) is 13.7. The van der Waals surface area contributed by atoms with E-state index in [2.05, 4.69) is 54.4 Å². The predicted octanol–water partition coefficient (Wildman–Crippen LogP) is 2.42. The average molecular weight is 566 g/mol. The van der Waals surface area contributed by atoms with E-state index >= 15 is 0 Å². The van der Waals surface area contributed by atoms with Crippen molar-refractivity contribution in [2.75, 3.05) is 64.4 Å². The van der Waals surface area contributed by atoms with Crippen LogP contribution in [0.1, 0.15) is 17.5 Å². The average Bonchev–Trinajstić information content (AvgIpc) is 3.44. The van der Waals surface area contributed by atoms with E-state index in [1.165, 1.54) is 12.0 Å². The van der Waals surface area contributed by atoms with Crippen molar-refractivity contribution in [3.63, 3.8) is 0 Å². The molecule has 4 saturated heterocycles. The number of piperazine rings is 2. The Bertz CT molecular complexity index is 1560. The van der Waals surface area contributed by atoms with Crippen LogP contribution in [-0.4, -0.2) is 101 Å². The van der Waals surface area contributed by atoms with E-state index in [1.807, 2.05) is 30.7 Å². The Morgan fingerprint density at radius 2 is 1.83 bits per heavy atom. The number of hydrogen-bond acceptors (Lipinski definition) is 10. The van der Waals surface area contributed by atoms with Crippen LogP contribution in [0.4, 0.5) is 5.82 Å². The van der Waals surface area contributed by atoms with Crippen molar-refractivity contribution >= 4 is 11.3 Å². The molecule has 11 heteroatoms. The molecular formula is C31H35N9O2. The summed E-state index contributed by atoms with van der Waals surface area (Å²) in [5.74, 6) is 2.32. The van der Waals surface area contributed by atoms with Gasteiger partial charge in [0.25, 0.3) is 0 Å². The van der Waals surface area contributed by atoms with Gasteiger partial charge in [0.1, 0.15) is 24.2 Å². The van der Waals surface area contributed by atoms with E-state index in [4.69, 9.17) is 14.5 Å². The van der Waals surface area contributed by atoms with Gasteiger partial charge in [0.2, 0.25) is 5.88 Å². The number of nitrogens with one attached hydrogen (secondary N) is 1. The van der Waals surface area contributed by atoms with Gasteiger partial charge in [-0.1, -0.05) is 6.07 Å². The maximum absolute atomic E-state index is 9.75. The third kappa shape index (κ3) is 5.48. The van der Waals surface area contributed by atoms with Gasteiger partial charge in [-0.15, -0.1) is 0 Å². The van der Waals surface area contributed by atoms with Crippen LogP contribution in [0.15, 0.2) is 55.1 Å². The quantitative estimate of drug-likeness (QED) is 0.325. The molecule has 0 radical (unpaired) electrons. The van der Waals surface area contributed by atoms with E-state index in [9.17, 15) is 5.26 Å². The van der Waals surface area contributed by atoms with Crippen LogP contribution in [0.2, 0.25) is 0 Å². The van der Waals surface area contributed by atoms with Gasteiger partial charge in [-0.3, -0.25) is 9.80 Å². The fourth-order valence-corrected chi connectivity index (χ4v) is 6.31. The Labute approximate surface area is 245 Å². The van der Waals surface area contributed by atoms with E-state index in [-0.39, 0.29) is 0 Å². The number of ether oxygens (including phenoxy) is 2. The number of nitriles is 1. The highest BCUT2D eigenvalue weighted by atomic mass is 16.5. The molecule has 8 heterocycles. The number of pyridine rings is 3. The SMILES string of the molecule is COc1ccc(CN2CCN(c3ccc(-c4cc(OCCN5CC6CC(C5)N6)cn5ncc(C#N)c45)cn3)CC2)cn1. The largest absolute Gasteiger partial charge is 0.491 e. The zero-order valence-corrected chi connectivity index (χ0v) is 23.8. The summed E-state index contributed by atoms with van der Waals surface area (Å²) in [7, 11) is 1.63. The lowest BCUT2D eigenvalue weighted by atomic mass is 9.91. The predicted molar refractivity (Wildman–Crippen MR) is 159 cm³/mol. The number of aromatic nitrogens is 4. The van der Waals surface area contributed by atoms with Crippen molar-refractivity contribution in [3.8, 4) is 28.8 Å². The second kappa shape index (κ2) is 11.6. The lowest BCUT2D eigenvalue weighted by Crippen LogP contribution is -2.67. The number of rotatable bonds is 9. The molecule has 0 amide bonds.